The maximum atomic E-state index is 12.3. The molecule has 0 saturated heterocycles. The SMILES string of the molecule is COc1cccc(CC(=O)c2ccc(C(C)C)cc2)c1. The van der Waals surface area contributed by atoms with E-state index in [-0.39, 0.29) is 5.78 Å². The van der Waals surface area contributed by atoms with Gasteiger partial charge in [-0.2, -0.15) is 0 Å². The summed E-state index contributed by atoms with van der Waals surface area (Å²) in [5.74, 6) is 1.40. The lowest BCUT2D eigenvalue weighted by Crippen LogP contribution is -2.04. The van der Waals surface area contributed by atoms with Gasteiger partial charge < -0.3 is 4.74 Å². The number of methoxy groups -OCH3 is 1. The van der Waals surface area contributed by atoms with Crippen LogP contribution < -0.4 is 4.74 Å². The van der Waals surface area contributed by atoms with E-state index in [2.05, 4.69) is 13.8 Å². The molecule has 0 bridgehead atoms. The van der Waals surface area contributed by atoms with Gasteiger partial charge in [-0.15, -0.1) is 0 Å². The van der Waals surface area contributed by atoms with Crippen molar-refractivity contribution in [3.63, 3.8) is 0 Å². The third-order valence-corrected chi connectivity index (χ3v) is 3.40. The first-order valence-electron chi connectivity index (χ1n) is 6.86. The molecule has 0 aromatic heterocycles. The number of carbonyl (C=O) groups excluding carboxylic acids is 1. The van der Waals surface area contributed by atoms with Gasteiger partial charge in [0.05, 0.1) is 7.11 Å². The van der Waals surface area contributed by atoms with Gasteiger partial charge in [0.25, 0.3) is 0 Å². The first kappa shape index (κ1) is 14.3. The first-order chi connectivity index (χ1) is 9.60. The summed E-state index contributed by atoms with van der Waals surface area (Å²) in [6.07, 6.45) is 0.401. The second-order valence-corrected chi connectivity index (χ2v) is 5.23. The number of rotatable bonds is 5. The third kappa shape index (κ3) is 3.47. The summed E-state index contributed by atoms with van der Waals surface area (Å²) in [6, 6.07) is 15.5. The smallest absolute Gasteiger partial charge is 0.167 e. The van der Waals surface area contributed by atoms with E-state index in [4.69, 9.17) is 4.74 Å². The minimum atomic E-state index is 0.133. The molecule has 0 radical (unpaired) electrons. The molecular weight excluding hydrogens is 248 g/mol. The summed E-state index contributed by atoms with van der Waals surface area (Å²) in [6.45, 7) is 4.29. The molecule has 0 aliphatic carbocycles. The van der Waals surface area contributed by atoms with Gasteiger partial charge in [0.15, 0.2) is 5.78 Å². The van der Waals surface area contributed by atoms with Crippen LogP contribution in [0, 0.1) is 0 Å². The zero-order valence-corrected chi connectivity index (χ0v) is 12.2. The largest absolute Gasteiger partial charge is 0.497 e. The number of benzene rings is 2. The van der Waals surface area contributed by atoms with Crippen LogP contribution in [0.1, 0.15) is 41.3 Å². The molecule has 2 heteroatoms. The van der Waals surface area contributed by atoms with Gasteiger partial charge in [0.2, 0.25) is 0 Å². The standard InChI is InChI=1S/C18H20O2/c1-13(2)15-7-9-16(10-8-15)18(19)12-14-5-4-6-17(11-14)20-3/h4-11,13H,12H2,1-3H3. The monoisotopic (exact) mass is 268 g/mol. The van der Waals surface area contributed by atoms with E-state index in [1.54, 1.807) is 7.11 Å². The topological polar surface area (TPSA) is 26.3 Å². The predicted molar refractivity (Wildman–Crippen MR) is 81.6 cm³/mol. The lowest BCUT2D eigenvalue weighted by molar-refractivity contribution is 0.0993. The van der Waals surface area contributed by atoms with Crippen LogP contribution in [0.5, 0.6) is 5.75 Å². The minimum absolute atomic E-state index is 0.133. The van der Waals surface area contributed by atoms with E-state index in [0.717, 1.165) is 16.9 Å². The summed E-state index contributed by atoms with van der Waals surface area (Å²) in [7, 11) is 1.63. The highest BCUT2D eigenvalue weighted by Crippen LogP contribution is 2.17. The number of hydrogen-bond acceptors (Lipinski definition) is 2. The van der Waals surface area contributed by atoms with Crippen molar-refractivity contribution in [2.75, 3.05) is 7.11 Å². The van der Waals surface area contributed by atoms with Crippen LogP contribution >= 0.6 is 0 Å². The van der Waals surface area contributed by atoms with Crippen LogP contribution in [0.3, 0.4) is 0 Å². The highest BCUT2D eigenvalue weighted by molar-refractivity contribution is 5.97. The Morgan fingerprint density at radius 2 is 1.80 bits per heavy atom. The highest BCUT2D eigenvalue weighted by atomic mass is 16.5. The molecule has 0 fully saturated rings. The molecule has 0 aliphatic heterocycles. The van der Waals surface area contributed by atoms with Crippen LogP contribution in [0.2, 0.25) is 0 Å². The van der Waals surface area contributed by atoms with Crippen LogP contribution in [0.15, 0.2) is 48.5 Å². The van der Waals surface area contributed by atoms with E-state index >= 15 is 0 Å². The summed E-state index contributed by atoms with van der Waals surface area (Å²) < 4.78 is 5.17. The Morgan fingerprint density at radius 3 is 2.40 bits per heavy atom. The van der Waals surface area contributed by atoms with Crippen LogP contribution in [0.25, 0.3) is 0 Å². The fourth-order valence-electron chi connectivity index (χ4n) is 2.12. The minimum Gasteiger partial charge on any atom is -0.497 e. The second-order valence-electron chi connectivity index (χ2n) is 5.23. The van der Waals surface area contributed by atoms with Gasteiger partial charge in [-0.1, -0.05) is 50.2 Å². The molecule has 2 rings (SSSR count). The van der Waals surface area contributed by atoms with Crippen molar-refractivity contribution in [1.29, 1.82) is 0 Å². The average Bonchev–Trinajstić information content (AvgIpc) is 2.47. The van der Waals surface area contributed by atoms with Gasteiger partial charge in [-0.25, -0.2) is 0 Å². The van der Waals surface area contributed by atoms with Crippen molar-refractivity contribution in [2.24, 2.45) is 0 Å². The summed E-state index contributed by atoms with van der Waals surface area (Å²) in [5, 5.41) is 0. The highest BCUT2D eigenvalue weighted by Gasteiger charge is 2.08. The maximum absolute atomic E-state index is 12.3. The Hall–Kier alpha value is -2.09. The quantitative estimate of drug-likeness (QED) is 0.758. The number of hydrogen-bond donors (Lipinski definition) is 0. The molecule has 104 valence electrons. The molecule has 0 unspecified atom stereocenters. The molecule has 0 saturated carbocycles. The maximum Gasteiger partial charge on any atom is 0.167 e. The second kappa shape index (κ2) is 6.38. The Balaban J connectivity index is 2.11. The zero-order chi connectivity index (χ0) is 14.5. The predicted octanol–water partition coefficient (Wildman–Crippen LogP) is 4.24. The number of Topliss-reactive ketones (excluding diaryl/α,β-unsaturated/α-hetero) is 1. The average molecular weight is 268 g/mol. The molecule has 0 amide bonds. The number of ketones is 1. The van der Waals surface area contributed by atoms with E-state index < -0.39 is 0 Å². The molecule has 2 aromatic rings. The molecule has 0 heterocycles. The van der Waals surface area contributed by atoms with Gasteiger partial charge in [-0.3, -0.25) is 4.79 Å². The van der Waals surface area contributed by atoms with Gasteiger partial charge in [0, 0.05) is 12.0 Å². The van der Waals surface area contributed by atoms with E-state index in [9.17, 15) is 4.79 Å². The number of carbonyl (C=O) groups is 1. The van der Waals surface area contributed by atoms with Crippen molar-refractivity contribution in [2.45, 2.75) is 26.2 Å². The molecule has 0 spiro atoms. The molecule has 0 N–H and O–H groups in total. The van der Waals surface area contributed by atoms with Crippen molar-refractivity contribution in [3.05, 3.63) is 65.2 Å². The molecule has 0 atom stereocenters. The van der Waals surface area contributed by atoms with Crippen molar-refractivity contribution < 1.29 is 9.53 Å². The van der Waals surface area contributed by atoms with E-state index in [1.807, 2.05) is 48.5 Å². The van der Waals surface area contributed by atoms with Crippen LogP contribution in [0.4, 0.5) is 0 Å². The van der Waals surface area contributed by atoms with Crippen LogP contribution in [-0.4, -0.2) is 12.9 Å². The Morgan fingerprint density at radius 1 is 1.10 bits per heavy atom. The van der Waals surface area contributed by atoms with Crippen molar-refractivity contribution in [1.82, 2.24) is 0 Å². The van der Waals surface area contributed by atoms with Gasteiger partial charge in [-0.05, 0) is 29.2 Å². The van der Waals surface area contributed by atoms with Crippen LogP contribution in [-0.2, 0) is 6.42 Å². The molecule has 20 heavy (non-hydrogen) atoms. The van der Waals surface area contributed by atoms with Crippen molar-refractivity contribution in [3.8, 4) is 5.75 Å². The van der Waals surface area contributed by atoms with Crippen molar-refractivity contribution >= 4 is 5.78 Å². The Bertz CT molecular complexity index is 583. The fraction of sp³-hybridized carbons (Fsp3) is 0.278. The Kier molecular flexibility index (Phi) is 4.57. The summed E-state index contributed by atoms with van der Waals surface area (Å²) in [5.41, 5.74) is 2.99. The lowest BCUT2D eigenvalue weighted by Gasteiger charge is -2.07. The lowest BCUT2D eigenvalue weighted by atomic mass is 9.98. The molecular formula is C18H20O2. The van der Waals surface area contributed by atoms with E-state index in [1.165, 1.54) is 5.56 Å². The Labute approximate surface area is 120 Å². The summed E-state index contributed by atoms with van der Waals surface area (Å²) >= 11 is 0. The van der Waals surface area contributed by atoms with Gasteiger partial charge >= 0.3 is 0 Å². The van der Waals surface area contributed by atoms with Gasteiger partial charge in [0.1, 0.15) is 5.75 Å². The first-order valence-corrected chi connectivity index (χ1v) is 6.86. The number of ether oxygens (including phenoxy) is 1. The third-order valence-electron chi connectivity index (χ3n) is 3.40. The molecule has 2 nitrogen and oxygen atoms in total. The zero-order valence-electron chi connectivity index (χ0n) is 12.2. The normalized spacial score (nSPS) is 10.6. The molecule has 2 aromatic carbocycles. The van der Waals surface area contributed by atoms with E-state index in [0.29, 0.717) is 12.3 Å². The molecule has 0 aliphatic rings. The fourth-order valence-corrected chi connectivity index (χ4v) is 2.12. The summed E-state index contributed by atoms with van der Waals surface area (Å²) in [4.78, 5) is 12.3.